The van der Waals surface area contributed by atoms with Gasteiger partial charge in [0, 0.05) is 23.5 Å². The van der Waals surface area contributed by atoms with Crippen LogP contribution in [0.25, 0.3) is 10.9 Å². The standard InChI is InChI=1S/C26H35N5O7/c1-3-14(2)22(31-23(34)18-9-6-10-27-18)25(36)29-19(24(35)30-20(26(37)38)12-21(32)33)11-15-13-28-17-8-5-4-7-16(15)17/h4-5,7-8,13-14,18-20,22,27-28H,3,6,9-12H2,1-2H3,(H,29,36)(H,30,35)(H,31,34)(H,32,33)(H,37,38). The number of carboxylic acids is 2. The lowest BCUT2D eigenvalue weighted by Gasteiger charge is -2.28. The van der Waals surface area contributed by atoms with Crippen LogP contribution in [0.4, 0.5) is 0 Å². The number of carbonyl (C=O) groups excluding carboxylic acids is 3. The van der Waals surface area contributed by atoms with E-state index >= 15 is 0 Å². The number of aliphatic carboxylic acids is 2. The van der Waals surface area contributed by atoms with E-state index in [2.05, 4.69) is 26.3 Å². The minimum atomic E-state index is -1.68. The maximum Gasteiger partial charge on any atom is 0.326 e. The van der Waals surface area contributed by atoms with Gasteiger partial charge in [-0.25, -0.2) is 4.79 Å². The zero-order valence-corrected chi connectivity index (χ0v) is 21.5. The van der Waals surface area contributed by atoms with Crippen molar-refractivity contribution in [3.8, 4) is 0 Å². The molecule has 1 aliphatic heterocycles. The molecule has 3 rings (SSSR count). The van der Waals surface area contributed by atoms with Crippen molar-refractivity contribution in [2.45, 2.75) is 70.1 Å². The SMILES string of the molecule is CCC(C)C(NC(=O)C1CCCN1)C(=O)NC(Cc1c[nH]c2ccccc12)C(=O)NC(CC(=O)O)C(=O)O. The van der Waals surface area contributed by atoms with Crippen molar-refractivity contribution in [1.29, 1.82) is 0 Å². The molecule has 2 aromatic rings. The molecule has 206 valence electrons. The van der Waals surface area contributed by atoms with Gasteiger partial charge in [-0.15, -0.1) is 0 Å². The van der Waals surface area contributed by atoms with Crippen molar-refractivity contribution in [1.82, 2.24) is 26.3 Å². The number of carbonyl (C=O) groups is 5. The highest BCUT2D eigenvalue weighted by atomic mass is 16.4. The summed E-state index contributed by atoms with van der Waals surface area (Å²) < 4.78 is 0. The highest BCUT2D eigenvalue weighted by Gasteiger charge is 2.34. The van der Waals surface area contributed by atoms with Crippen LogP contribution < -0.4 is 21.3 Å². The van der Waals surface area contributed by atoms with Crippen LogP contribution in [0.1, 0.15) is 45.1 Å². The summed E-state index contributed by atoms with van der Waals surface area (Å²) in [5.74, 6) is -4.88. The summed E-state index contributed by atoms with van der Waals surface area (Å²) in [6.45, 7) is 4.41. The number of hydrogen-bond acceptors (Lipinski definition) is 6. The summed E-state index contributed by atoms with van der Waals surface area (Å²) in [4.78, 5) is 65.2. The molecule has 1 fully saturated rings. The van der Waals surface area contributed by atoms with Crippen molar-refractivity contribution in [2.24, 2.45) is 5.92 Å². The third kappa shape index (κ3) is 7.31. The number of hydrogen-bond donors (Lipinski definition) is 7. The van der Waals surface area contributed by atoms with E-state index in [9.17, 15) is 29.1 Å². The van der Waals surface area contributed by atoms with E-state index in [0.717, 1.165) is 17.3 Å². The molecule has 12 nitrogen and oxygen atoms in total. The molecule has 1 aromatic heterocycles. The molecule has 0 spiro atoms. The maximum absolute atomic E-state index is 13.5. The Morgan fingerprint density at radius 2 is 1.74 bits per heavy atom. The first kappa shape index (κ1) is 28.6. The Bertz CT molecular complexity index is 1170. The van der Waals surface area contributed by atoms with E-state index in [1.165, 1.54) is 0 Å². The van der Waals surface area contributed by atoms with Crippen molar-refractivity contribution in [3.05, 3.63) is 36.0 Å². The maximum atomic E-state index is 13.5. The molecule has 12 heteroatoms. The Balaban J connectivity index is 1.85. The molecule has 5 atom stereocenters. The summed E-state index contributed by atoms with van der Waals surface area (Å²) >= 11 is 0. The summed E-state index contributed by atoms with van der Waals surface area (Å²) in [5, 5.41) is 30.1. The van der Waals surface area contributed by atoms with Gasteiger partial charge in [0.2, 0.25) is 17.7 Å². The molecular weight excluding hydrogens is 494 g/mol. The topological polar surface area (TPSA) is 190 Å². The Labute approximate surface area is 219 Å². The monoisotopic (exact) mass is 529 g/mol. The van der Waals surface area contributed by atoms with Crippen LogP contribution in [-0.4, -0.2) is 75.6 Å². The van der Waals surface area contributed by atoms with Crippen molar-refractivity contribution in [3.63, 3.8) is 0 Å². The minimum absolute atomic E-state index is 0.00630. The summed E-state index contributed by atoms with van der Waals surface area (Å²) in [6, 6.07) is 3.13. The van der Waals surface area contributed by atoms with Gasteiger partial charge in [-0.1, -0.05) is 38.5 Å². The molecule has 0 radical (unpaired) electrons. The van der Waals surface area contributed by atoms with E-state index in [0.29, 0.717) is 24.9 Å². The first-order chi connectivity index (χ1) is 18.1. The Morgan fingerprint density at radius 3 is 2.37 bits per heavy atom. The number of rotatable bonds is 13. The fourth-order valence-corrected chi connectivity index (χ4v) is 4.50. The molecule has 0 aliphatic carbocycles. The van der Waals surface area contributed by atoms with Crippen LogP contribution in [0.3, 0.4) is 0 Å². The smallest absolute Gasteiger partial charge is 0.326 e. The second-order valence-electron chi connectivity index (χ2n) is 9.64. The van der Waals surface area contributed by atoms with Gasteiger partial charge in [-0.3, -0.25) is 19.2 Å². The van der Waals surface area contributed by atoms with E-state index < -0.39 is 54.3 Å². The van der Waals surface area contributed by atoms with Crippen LogP contribution in [-0.2, 0) is 30.4 Å². The fraction of sp³-hybridized carbons (Fsp3) is 0.500. The average molecular weight is 530 g/mol. The highest BCUT2D eigenvalue weighted by molar-refractivity contribution is 5.95. The largest absolute Gasteiger partial charge is 0.481 e. The third-order valence-electron chi connectivity index (χ3n) is 6.90. The van der Waals surface area contributed by atoms with Crippen molar-refractivity contribution >= 4 is 40.6 Å². The van der Waals surface area contributed by atoms with E-state index in [1.54, 1.807) is 6.20 Å². The van der Waals surface area contributed by atoms with Crippen molar-refractivity contribution < 1.29 is 34.2 Å². The van der Waals surface area contributed by atoms with Gasteiger partial charge in [-0.05, 0) is 36.9 Å². The lowest BCUT2D eigenvalue weighted by molar-refractivity contribution is -0.147. The first-order valence-electron chi connectivity index (χ1n) is 12.7. The van der Waals surface area contributed by atoms with Gasteiger partial charge in [0.05, 0.1) is 12.5 Å². The van der Waals surface area contributed by atoms with Crippen molar-refractivity contribution in [2.75, 3.05) is 6.54 Å². The number of fused-ring (bicyclic) bond motifs is 1. The molecule has 2 heterocycles. The average Bonchev–Trinajstić information content (AvgIpc) is 3.56. The fourth-order valence-electron chi connectivity index (χ4n) is 4.50. The molecule has 3 amide bonds. The Hall–Kier alpha value is -3.93. The molecule has 0 saturated carbocycles. The van der Waals surface area contributed by atoms with Crippen LogP contribution in [0.2, 0.25) is 0 Å². The molecule has 1 aliphatic rings. The molecule has 1 aromatic carbocycles. The normalized spacial score (nSPS) is 18.2. The van der Waals surface area contributed by atoms with Gasteiger partial charge < -0.3 is 36.5 Å². The number of carboxylic acid groups (broad SMARTS) is 2. The Kier molecular flexibility index (Phi) is 9.83. The second kappa shape index (κ2) is 13.0. The number of para-hydroxylation sites is 1. The molecular formula is C26H35N5O7. The van der Waals surface area contributed by atoms with Crippen LogP contribution in [0.5, 0.6) is 0 Å². The number of amides is 3. The Morgan fingerprint density at radius 1 is 1.03 bits per heavy atom. The third-order valence-corrected chi connectivity index (χ3v) is 6.90. The molecule has 5 unspecified atom stereocenters. The predicted molar refractivity (Wildman–Crippen MR) is 138 cm³/mol. The van der Waals surface area contributed by atoms with E-state index in [-0.39, 0.29) is 18.2 Å². The lowest BCUT2D eigenvalue weighted by atomic mass is 9.96. The van der Waals surface area contributed by atoms with Crippen LogP contribution >= 0.6 is 0 Å². The van der Waals surface area contributed by atoms with Crippen LogP contribution in [0.15, 0.2) is 30.5 Å². The molecule has 1 saturated heterocycles. The lowest BCUT2D eigenvalue weighted by Crippen LogP contribution is -2.59. The van der Waals surface area contributed by atoms with Gasteiger partial charge in [0.25, 0.3) is 0 Å². The van der Waals surface area contributed by atoms with Gasteiger partial charge in [0.15, 0.2) is 0 Å². The molecule has 0 bridgehead atoms. The first-order valence-corrected chi connectivity index (χ1v) is 12.7. The van der Waals surface area contributed by atoms with Gasteiger partial charge in [0.1, 0.15) is 18.1 Å². The summed E-state index contributed by atoms with van der Waals surface area (Å²) in [5.41, 5.74) is 1.52. The number of aromatic nitrogens is 1. The highest BCUT2D eigenvalue weighted by Crippen LogP contribution is 2.20. The summed E-state index contributed by atoms with van der Waals surface area (Å²) in [7, 11) is 0. The van der Waals surface area contributed by atoms with Crippen LogP contribution in [0, 0.1) is 5.92 Å². The quantitative estimate of drug-likeness (QED) is 0.195. The van der Waals surface area contributed by atoms with Gasteiger partial charge >= 0.3 is 11.9 Å². The summed E-state index contributed by atoms with van der Waals surface area (Å²) in [6.07, 6.45) is 2.97. The minimum Gasteiger partial charge on any atom is -0.481 e. The zero-order valence-electron chi connectivity index (χ0n) is 21.5. The predicted octanol–water partition coefficient (Wildman–Crippen LogP) is 0.522. The molecule has 7 N–H and O–H groups in total. The molecule has 38 heavy (non-hydrogen) atoms. The number of benzene rings is 1. The van der Waals surface area contributed by atoms with Gasteiger partial charge in [-0.2, -0.15) is 0 Å². The number of aromatic amines is 1. The van der Waals surface area contributed by atoms with E-state index in [4.69, 9.17) is 5.11 Å². The zero-order chi connectivity index (χ0) is 27.8. The number of H-pyrrole nitrogens is 1. The number of nitrogens with one attached hydrogen (secondary N) is 5. The second-order valence-corrected chi connectivity index (χ2v) is 9.64. The van der Waals surface area contributed by atoms with E-state index in [1.807, 2.05) is 38.1 Å².